The number of pyridine rings is 1. The van der Waals surface area contributed by atoms with Crippen molar-refractivity contribution in [2.75, 3.05) is 0 Å². The zero-order valence-corrected chi connectivity index (χ0v) is 27.2. The molecule has 0 fully saturated rings. The second-order valence-corrected chi connectivity index (χ2v) is 13.5. The van der Waals surface area contributed by atoms with Gasteiger partial charge >= 0.3 is 0 Å². The van der Waals surface area contributed by atoms with Crippen molar-refractivity contribution in [1.82, 2.24) is 15.0 Å². The highest BCUT2D eigenvalue weighted by atomic mass is 32.1. The number of rotatable bonds is 4. The van der Waals surface area contributed by atoms with Crippen molar-refractivity contribution in [3.8, 4) is 45.2 Å². The lowest BCUT2D eigenvalue weighted by molar-refractivity contribution is 1.18. The van der Waals surface area contributed by atoms with Crippen LogP contribution in [-0.4, -0.2) is 15.0 Å². The van der Waals surface area contributed by atoms with Crippen LogP contribution in [0.15, 0.2) is 164 Å². The molecule has 4 heteroatoms. The van der Waals surface area contributed by atoms with Crippen molar-refractivity contribution in [2.24, 2.45) is 0 Å². The van der Waals surface area contributed by atoms with Gasteiger partial charge < -0.3 is 0 Å². The summed E-state index contributed by atoms with van der Waals surface area (Å²) in [6.07, 6.45) is 0. The Morgan fingerprint density at radius 1 is 0.388 bits per heavy atom. The summed E-state index contributed by atoms with van der Waals surface area (Å²) < 4.78 is 2.49. The van der Waals surface area contributed by atoms with Crippen LogP contribution in [0.25, 0.3) is 97.8 Å². The Hall–Kier alpha value is -6.23. The van der Waals surface area contributed by atoms with Crippen LogP contribution in [0.3, 0.4) is 0 Å². The Labute approximate surface area is 286 Å². The highest BCUT2D eigenvalue weighted by molar-refractivity contribution is 7.26. The molecule has 0 saturated carbocycles. The third-order valence-corrected chi connectivity index (χ3v) is 10.7. The van der Waals surface area contributed by atoms with Crippen LogP contribution in [0.2, 0.25) is 0 Å². The number of thiophene rings is 1. The molecule has 0 aliphatic carbocycles. The molecule has 228 valence electrons. The fourth-order valence-electron chi connectivity index (χ4n) is 7.06. The maximum absolute atomic E-state index is 5.23. The maximum atomic E-state index is 5.23. The first-order valence-electron chi connectivity index (χ1n) is 16.4. The third kappa shape index (κ3) is 4.68. The molecule has 3 aromatic heterocycles. The van der Waals surface area contributed by atoms with Crippen molar-refractivity contribution in [3.05, 3.63) is 164 Å². The predicted molar refractivity (Wildman–Crippen MR) is 207 cm³/mol. The maximum Gasteiger partial charge on any atom is 0.160 e. The lowest BCUT2D eigenvalue weighted by atomic mass is 9.98. The molecule has 0 saturated heterocycles. The Morgan fingerprint density at radius 2 is 1.02 bits per heavy atom. The van der Waals surface area contributed by atoms with Crippen molar-refractivity contribution >= 4 is 64.0 Å². The van der Waals surface area contributed by atoms with Crippen LogP contribution in [0.4, 0.5) is 0 Å². The number of benzene rings is 7. The molecule has 3 heterocycles. The van der Waals surface area contributed by atoms with Gasteiger partial charge in [-0.3, -0.25) is 0 Å². The Bertz CT molecular complexity index is 2880. The van der Waals surface area contributed by atoms with Crippen molar-refractivity contribution in [3.63, 3.8) is 0 Å². The topological polar surface area (TPSA) is 38.7 Å². The molecule has 0 aliphatic rings. The molecule has 3 nitrogen and oxygen atoms in total. The summed E-state index contributed by atoms with van der Waals surface area (Å²) in [5.74, 6) is 0.708. The van der Waals surface area contributed by atoms with E-state index >= 15 is 0 Å². The zero-order valence-electron chi connectivity index (χ0n) is 26.3. The predicted octanol–water partition coefficient (Wildman–Crippen LogP) is 12.4. The molecule has 0 spiro atoms. The molecule has 49 heavy (non-hydrogen) atoms. The molecule has 0 atom stereocenters. The standard InChI is InChI=1S/C45H27N3S/c1-3-12-29(13-4-1)43-42-37-26-33(22-24-41(37)49-44(42)36-17-9-10-18-38(36)46-43)40-27-39(47-45(48-40)30-14-5-2-6-15-30)32-21-23-35-31(25-32)20-19-28-11-7-8-16-34(28)35/h1-27H. The molecule has 10 rings (SSSR count). The van der Waals surface area contributed by atoms with E-state index in [9.17, 15) is 0 Å². The van der Waals surface area contributed by atoms with E-state index in [4.69, 9.17) is 15.0 Å². The second kappa shape index (κ2) is 11.2. The summed E-state index contributed by atoms with van der Waals surface area (Å²) in [5.41, 5.74) is 8.02. The van der Waals surface area contributed by atoms with E-state index in [0.717, 1.165) is 44.9 Å². The van der Waals surface area contributed by atoms with Gasteiger partial charge in [0.25, 0.3) is 0 Å². The van der Waals surface area contributed by atoms with Gasteiger partial charge in [0.15, 0.2) is 5.82 Å². The Kier molecular flexibility index (Phi) is 6.36. The lowest BCUT2D eigenvalue weighted by Gasteiger charge is -2.11. The summed E-state index contributed by atoms with van der Waals surface area (Å²) in [6, 6.07) is 57.7. The van der Waals surface area contributed by atoms with Crippen LogP contribution in [0.5, 0.6) is 0 Å². The summed E-state index contributed by atoms with van der Waals surface area (Å²) >= 11 is 1.83. The fourth-order valence-corrected chi connectivity index (χ4v) is 8.28. The van der Waals surface area contributed by atoms with Gasteiger partial charge in [0, 0.05) is 47.8 Å². The van der Waals surface area contributed by atoms with E-state index in [2.05, 4.69) is 146 Å². The number of aromatic nitrogens is 3. The first kappa shape index (κ1) is 27.8. The van der Waals surface area contributed by atoms with Gasteiger partial charge in [-0.1, -0.05) is 133 Å². The van der Waals surface area contributed by atoms with E-state index in [0.29, 0.717) is 5.82 Å². The first-order chi connectivity index (χ1) is 24.3. The lowest BCUT2D eigenvalue weighted by Crippen LogP contribution is -1.96. The Balaban J connectivity index is 1.20. The van der Waals surface area contributed by atoms with Crippen LogP contribution < -0.4 is 0 Å². The minimum absolute atomic E-state index is 0.708. The molecule has 0 aliphatic heterocycles. The van der Waals surface area contributed by atoms with E-state index in [1.54, 1.807) is 0 Å². The largest absolute Gasteiger partial charge is 0.247 e. The quantitative estimate of drug-likeness (QED) is 0.180. The minimum atomic E-state index is 0.708. The highest BCUT2D eigenvalue weighted by Gasteiger charge is 2.18. The van der Waals surface area contributed by atoms with E-state index in [1.165, 1.54) is 47.1 Å². The van der Waals surface area contributed by atoms with Crippen molar-refractivity contribution in [2.45, 2.75) is 0 Å². The minimum Gasteiger partial charge on any atom is -0.247 e. The number of para-hydroxylation sites is 1. The Morgan fingerprint density at radius 3 is 1.84 bits per heavy atom. The van der Waals surface area contributed by atoms with Gasteiger partial charge in [0.2, 0.25) is 0 Å². The van der Waals surface area contributed by atoms with Gasteiger partial charge in [-0.2, -0.15) is 0 Å². The highest BCUT2D eigenvalue weighted by Crippen LogP contribution is 2.44. The summed E-state index contributed by atoms with van der Waals surface area (Å²) in [4.78, 5) is 15.6. The van der Waals surface area contributed by atoms with Crippen LogP contribution in [0, 0.1) is 0 Å². The number of hydrogen-bond donors (Lipinski definition) is 0. The summed E-state index contributed by atoms with van der Waals surface area (Å²) in [6.45, 7) is 0. The third-order valence-electron chi connectivity index (χ3n) is 9.45. The van der Waals surface area contributed by atoms with Crippen LogP contribution in [0.1, 0.15) is 0 Å². The first-order valence-corrected chi connectivity index (χ1v) is 17.3. The number of nitrogens with zero attached hydrogens (tertiary/aromatic N) is 3. The average Bonchev–Trinajstić information content (AvgIpc) is 3.57. The monoisotopic (exact) mass is 641 g/mol. The molecule has 0 radical (unpaired) electrons. The summed E-state index contributed by atoms with van der Waals surface area (Å²) in [7, 11) is 0. The molecule has 7 aromatic carbocycles. The fraction of sp³-hybridized carbons (Fsp3) is 0. The van der Waals surface area contributed by atoms with E-state index < -0.39 is 0 Å². The van der Waals surface area contributed by atoms with Gasteiger partial charge in [-0.25, -0.2) is 15.0 Å². The van der Waals surface area contributed by atoms with Gasteiger partial charge in [-0.15, -0.1) is 11.3 Å². The molecular weight excluding hydrogens is 615 g/mol. The number of fused-ring (bicyclic) bond motifs is 8. The zero-order chi connectivity index (χ0) is 32.3. The van der Waals surface area contributed by atoms with E-state index in [-0.39, 0.29) is 0 Å². The SMILES string of the molecule is c1ccc(-c2nc(-c3ccc4c(ccc5ccccc54)c3)cc(-c3ccc4sc5c6ccccc6nc(-c6ccccc6)c5c4c3)n2)cc1. The normalized spacial score (nSPS) is 11.7. The molecule has 0 unspecified atom stereocenters. The van der Waals surface area contributed by atoms with Gasteiger partial charge in [0.1, 0.15) is 0 Å². The number of hydrogen-bond acceptors (Lipinski definition) is 4. The van der Waals surface area contributed by atoms with Crippen LogP contribution in [-0.2, 0) is 0 Å². The molecular formula is C45H27N3S. The van der Waals surface area contributed by atoms with Crippen LogP contribution >= 0.6 is 11.3 Å². The molecule has 10 aromatic rings. The average molecular weight is 642 g/mol. The van der Waals surface area contributed by atoms with E-state index in [1.807, 2.05) is 29.5 Å². The van der Waals surface area contributed by atoms with Crippen molar-refractivity contribution in [1.29, 1.82) is 0 Å². The smallest absolute Gasteiger partial charge is 0.160 e. The van der Waals surface area contributed by atoms with Crippen molar-refractivity contribution < 1.29 is 0 Å². The van der Waals surface area contributed by atoms with Gasteiger partial charge in [-0.05, 0) is 51.9 Å². The molecule has 0 bridgehead atoms. The molecule has 0 N–H and O–H groups in total. The van der Waals surface area contributed by atoms with Gasteiger partial charge in [0.05, 0.1) is 22.6 Å². The molecule has 0 amide bonds. The summed E-state index contributed by atoms with van der Waals surface area (Å²) in [5, 5.41) is 8.49. The second-order valence-electron chi connectivity index (χ2n) is 12.4.